The number of morpholine rings is 1. The normalized spacial score (nSPS) is 15.2. The first kappa shape index (κ1) is 19.4. The van der Waals surface area contributed by atoms with Crippen LogP contribution in [-0.4, -0.2) is 74.7 Å². The van der Waals surface area contributed by atoms with Crippen LogP contribution < -0.4 is 0 Å². The minimum absolute atomic E-state index is 0.0361. The number of amides is 1. The molecule has 1 saturated heterocycles. The van der Waals surface area contributed by atoms with Crippen molar-refractivity contribution in [2.75, 3.05) is 53.0 Å². The fourth-order valence-corrected chi connectivity index (χ4v) is 2.75. The fourth-order valence-electron chi connectivity index (χ4n) is 2.75. The molecule has 6 nitrogen and oxygen atoms in total. The summed E-state index contributed by atoms with van der Waals surface area (Å²) in [4.78, 5) is 28.3. The second-order valence-corrected chi connectivity index (χ2v) is 6.53. The highest BCUT2D eigenvalue weighted by atomic mass is 16.5. The van der Waals surface area contributed by atoms with Crippen LogP contribution in [0.5, 0.6) is 0 Å². The van der Waals surface area contributed by atoms with Gasteiger partial charge in [-0.05, 0) is 23.6 Å². The summed E-state index contributed by atoms with van der Waals surface area (Å²) >= 11 is 0. The zero-order valence-corrected chi connectivity index (χ0v) is 15.4. The average molecular weight is 348 g/mol. The lowest BCUT2D eigenvalue weighted by Crippen LogP contribution is -2.44. The zero-order valence-electron chi connectivity index (χ0n) is 15.4. The van der Waals surface area contributed by atoms with Crippen LogP contribution in [0.25, 0.3) is 0 Å². The van der Waals surface area contributed by atoms with Crippen molar-refractivity contribution in [1.82, 2.24) is 9.80 Å². The molecule has 0 radical (unpaired) electrons. The largest absolute Gasteiger partial charge is 0.468 e. The minimum Gasteiger partial charge on any atom is -0.468 e. The fraction of sp³-hybridized carbons (Fsp3) is 0.579. The van der Waals surface area contributed by atoms with E-state index in [9.17, 15) is 9.59 Å². The summed E-state index contributed by atoms with van der Waals surface area (Å²) in [5.74, 6) is -0.139. The SMILES string of the molecule is COC(=O)CN(CCN1CCOCC1)C(=O)c1ccc(C(C)C)cc1. The van der Waals surface area contributed by atoms with Gasteiger partial charge in [0, 0.05) is 31.7 Å². The molecule has 0 N–H and O–H groups in total. The summed E-state index contributed by atoms with van der Waals surface area (Å²) in [5, 5.41) is 0. The third-order valence-electron chi connectivity index (χ3n) is 4.45. The van der Waals surface area contributed by atoms with Gasteiger partial charge in [-0.1, -0.05) is 26.0 Å². The quantitative estimate of drug-likeness (QED) is 0.703. The van der Waals surface area contributed by atoms with Crippen molar-refractivity contribution in [2.45, 2.75) is 19.8 Å². The second-order valence-electron chi connectivity index (χ2n) is 6.53. The maximum Gasteiger partial charge on any atom is 0.325 e. The van der Waals surface area contributed by atoms with Crippen LogP contribution in [0, 0.1) is 0 Å². The molecule has 0 atom stereocenters. The number of hydrogen-bond donors (Lipinski definition) is 0. The molecule has 2 rings (SSSR count). The first-order valence-corrected chi connectivity index (χ1v) is 8.77. The van der Waals surface area contributed by atoms with Crippen molar-refractivity contribution >= 4 is 11.9 Å². The predicted octanol–water partition coefficient (Wildman–Crippen LogP) is 1.76. The van der Waals surface area contributed by atoms with Crippen molar-refractivity contribution in [3.05, 3.63) is 35.4 Å². The number of rotatable bonds is 7. The Morgan fingerprint density at radius 1 is 1.20 bits per heavy atom. The Hall–Kier alpha value is -1.92. The molecule has 1 fully saturated rings. The van der Waals surface area contributed by atoms with Gasteiger partial charge in [-0.15, -0.1) is 0 Å². The van der Waals surface area contributed by atoms with Crippen LogP contribution in [0.15, 0.2) is 24.3 Å². The van der Waals surface area contributed by atoms with E-state index in [1.165, 1.54) is 12.7 Å². The Morgan fingerprint density at radius 3 is 2.40 bits per heavy atom. The van der Waals surface area contributed by atoms with Gasteiger partial charge in [0.2, 0.25) is 0 Å². The summed E-state index contributed by atoms with van der Waals surface area (Å²) in [6, 6.07) is 7.60. The summed E-state index contributed by atoms with van der Waals surface area (Å²) in [6.07, 6.45) is 0. The molecule has 0 aliphatic carbocycles. The maximum atomic E-state index is 12.8. The van der Waals surface area contributed by atoms with E-state index in [0.29, 0.717) is 31.2 Å². The van der Waals surface area contributed by atoms with E-state index < -0.39 is 5.97 Å². The van der Waals surface area contributed by atoms with Crippen molar-refractivity contribution in [2.24, 2.45) is 0 Å². The molecule has 1 amide bonds. The molecular weight excluding hydrogens is 320 g/mol. The van der Waals surface area contributed by atoms with E-state index >= 15 is 0 Å². The van der Waals surface area contributed by atoms with Crippen LogP contribution in [-0.2, 0) is 14.3 Å². The number of methoxy groups -OCH3 is 1. The zero-order chi connectivity index (χ0) is 18.2. The molecule has 1 aliphatic rings. The Morgan fingerprint density at radius 2 is 1.84 bits per heavy atom. The topological polar surface area (TPSA) is 59.1 Å². The molecule has 0 spiro atoms. The highest BCUT2D eigenvalue weighted by Crippen LogP contribution is 2.16. The number of carbonyl (C=O) groups excluding carboxylic acids is 2. The van der Waals surface area contributed by atoms with E-state index in [2.05, 4.69) is 18.7 Å². The summed E-state index contributed by atoms with van der Waals surface area (Å²) in [7, 11) is 1.34. The molecule has 1 heterocycles. The smallest absolute Gasteiger partial charge is 0.325 e. The first-order valence-electron chi connectivity index (χ1n) is 8.77. The van der Waals surface area contributed by atoms with Crippen molar-refractivity contribution in [3.63, 3.8) is 0 Å². The first-order chi connectivity index (χ1) is 12.0. The van der Waals surface area contributed by atoms with Crippen LogP contribution in [0.4, 0.5) is 0 Å². The van der Waals surface area contributed by atoms with Gasteiger partial charge in [0.05, 0.1) is 20.3 Å². The summed E-state index contributed by atoms with van der Waals surface area (Å²) < 4.78 is 10.1. The molecule has 0 unspecified atom stereocenters. The van der Waals surface area contributed by atoms with Crippen molar-refractivity contribution < 1.29 is 19.1 Å². The molecule has 0 saturated carbocycles. The van der Waals surface area contributed by atoms with Gasteiger partial charge in [0.25, 0.3) is 5.91 Å². The number of carbonyl (C=O) groups is 2. The predicted molar refractivity (Wildman–Crippen MR) is 95.7 cm³/mol. The van der Waals surface area contributed by atoms with Crippen LogP contribution >= 0.6 is 0 Å². The molecule has 1 aromatic rings. The van der Waals surface area contributed by atoms with Crippen LogP contribution in [0.1, 0.15) is 35.7 Å². The Bertz CT molecular complexity index is 565. The van der Waals surface area contributed by atoms with Crippen LogP contribution in [0.3, 0.4) is 0 Å². The van der Waals surface area contributed by atoms with E-state index in [1.807, 2.05) is 24.3 Å². The van der Waals surface area contributed by atoms with Crippen molar-refractivity contribution in [3.8, 4) is 0 Å². The third-order valence-corrected chi connectivity index (χ3v) is 4.45. The lowest BCUT2D eigenvalue weighted by Gasteiger charge is -2.29. The Balaban J connectivity index is 2.04. The number of nitrogens with zero attached hydrogens (tertiary/aromatic N) is 2. The molecule has 6 heteroatoms. The van der Waals surface area contributed by atoms with Gasteiger partial charge in [0.15, 0.2) is 0 Å². The maximum absolute atomic E-state index is 12.8. The molecule has 25 heavy (non-hydrogen) atoms. The van der Waals surface area contributed by atoms with Gasteiger partial charge in [-0.3, -0.25) is 14.5 Å². The molecule has 138 valence electrons. The molecule has 1 aromatic carbocycles. The lowest BCUT2D eigenvalue weighted by atomic mass is 10.0. The number of ether oxygens (including phenoxy) is 2. The minimum atomic E-state index is -0.408. The summed E-state index contributed by atoms with van der Waals surface area (Å²) in [6.45, 7) is 8.52. The molecular formula is C19H28N2O4. The van der Waals surface area contributed by atoms with Crippen molar-refractivity contribution in [1.29, 1.82) is 0 Å². The summed E-state index contributed by atoms with van der Waals surface area (Å²) in [5.41, 5.74) is 1.78. The highest BCUT2D eigenvalue weighted by molar-refractivity contribution is 5.96. The van der Waals surface area contributed by atoms with Gasteiger partial charge in [0.1, 0.15) is 6.54 Å². The van der Waals surface area contributed by atoms with Gasteiger partial charge < -0.3 is 14.4 Å². The van der Waals surface area contributed by atoms with Crippen LogP contribution in [0.2, 0.25) is 0 Å². The standard InChI is InChI=1S/C19H28N2O4/c1-15(2)16-4-6-17(7-5-16)19(23)21(14-18(22)24-3)9-8-20-10-12-25-13-11-20/h4-7,15H,8-14H2,1-3H3. The van der Waals surface area contributed by atoms with E-state index in [1.54, 1.807) is 4.90 Å². The molecule has 0 bridgehead atoms. The highest BCUT2D eigenvalue weighted by Gasteiger charge is 2.21. The second kappa shape index (κ2) is 9.53. The number of hydrogen-bond acceptors (Lipinski definition) is 5. The lowest BCUT2D eigenvalue weighted by molar-refractivity contribution is -0.141. The van der Waals surface area contributed by atoms with E-state index in [4.69, 9.17) is 9.47 Å². The van der Waals surface area contributed by atoms with Gasteiger partial charge >= 0.3 is 5.97 Å². The Kier molecular flexibility index (Phi) is 7.40. The van der Waals surface area contributed by atoms with Gasteiger partial charge in [-0.2, -0.15) is 0 Å². The average Bonchev–Trinajstić information content (AvgIpc) is 2.65. The molecule has 0 aromatic heterocycles. The number of esters is 1. The van der Waals surface area contributed by atoms with Gasteiger partial charge in [-0.25, -0.2) is 0 Å². The third kappa shape index (κ3) is 5.83. The van der Waals surface area contributed by atoms with E-state index in [-0.39, 0.29) is 12.5 Å². The van der Waals surface area contributed by atoms with E-state index in [0.717, 1.165) is 19.6 Å². The Labute approximate surface area is 149 Å². The number of benzene rings is 1. The molecule has 1 aliphatic heterocycles. The monoisotopic (exact) mass is 348 g/mol.